The number of rotatable bonds is 4. The Morgan fingerprint density at radius 1 is 1.13 bits per heavy atom. The molecular weight excluding hydrogens is 383 g/mol. The molecule has 4 aliphatic rings. The molecule has 2 saturated heterocycles. The molecule has 170 valence electrons. The molecule has 0 bridgehead atoms. The van der Waals surface area contributed by atoms with Gasteiger partial charge in [0.2, 0.25) is 11.8 Å². The number of halogens is 1. The Morgan fingerprint density at radius 3 is 2.67 bits per heavy atom. The number of likely N-dealkylation sites (N-methyl/N-ethyl adjacent to an activating group) is 1. The summed E-state index contributed by atoms with van der Waals surface area (Å²) < 4.78 is 14.4. The molecule has 2 aliphatic heterocycles. The molecule has 2 aliphatic carbocycles. The molecule has 6 nitrogen and oxygen atoms in total. The van der Waals surface area contributed by atoms with Crippen molar-refractivity contribution in [2.24, 2.45) is 11.8 Å². The third kappa shape index (κ3) is 4.52. The van der Waals surface area contributed by atoms with Crippen LogP contribution in [0.1, 0.15) is 65.2 Å². The van der Waals surface area contributed by atoms with E-state index in [2.05, 4.69) is 22.5 Å². The van der Waals surface area contributed by atoms with Crippen molar-refractivity contribution in [2.75, 3.05) is 20.1 Å². The van der Waals surface area contributed by atoms with Gasteiger partial charge in [0.1, 0.15) is 6.17 Å². The van der Waals surface area contributed by atoms with Gasteiger partial charge in [-0.3, -0.25) is 14.5 Å². The second kappa shape index (κ2) is 9.11. The lowest BCUT2D eigenvalue weighted by atomic mass is 9.77. The molecule has 4 rings (SSSR count). The third-order valence-electron chi connectivity index (χ3n) is 8.40. The van der Waals surface area contributed by atoms with Crippen LogP contribution in [-0.4, -0.2) is 78.1 Å². The Morgan fingerprint density at radius 2 is 1.93 bits per heavy atom. The summed E-state index contributed by atoms with van der Waals surface area (Å²) >= 11 is 0. The van der Waals surface area contributed by atoms with Gasteiger partial charge in [0.25, 0.3) is 0 Å². The minimum atomic E-state index is -0.771. The number of amides is 2. The SMILES string of the molecule is CC(=O)N(C)C1CCN(C2CCCC(NC(=O)C3CC4C(F)CCC(C)C4N3)C2)C1. The highest BCUT2D eigenvalue weighted by molar-refractivity contribution is 5.82. The lowest BCUT2D eigenvalue weighted by molar-refractivity contribution is -0.129. The van der Waals surface area contributed by atoms with Gasteiger partial charge in [-0.05, 0) is 57.3 Å². The standard InChI is InChI=1S/C23H39FN4O2/c1-14-7-8-20(24)19-12-21(26-22(14)19)23(30)25-16-5-4-6-17(11-16)28-10-9-18(13-28)27(3)15(2)29/h14,16-22,26H,4-13H2,1-3H3,(H,25,30). The Hall–Kier alpha value is -1.21. The Bertz CT molecular complexity index is 629. The van der Waals surface area contributed by atoms with Gasteiger partial charge in [-0.25, -0.2) is 4.39 Å². The van der Waals surface area contributed by atoms with E-state index in [4.69, 9.17) is 0 Å². The molecule has 0 radical (unpaired) electrons. The topological polar surface area (TPSA) is 64.7 Å². The van der Waals surface area contributed by atoms with Crippen molar-refractivity contribution in [3.63, 3.8) is 0 Å². The van der Waals surface area contributed by atoms with E-state index >= 15 is 0 Å². The summed E-state index contributed by atoms with van der Waals surface area (Å²) in [5.41, 5.74) is 0. The van der Waals surface area contributed by atoms with Crippen LogP contribution >= 0.6 is 0 Å². The van der Waals surface area contributed by atoms with Crippen LogP contribution in [0.5, 0.6) is 0 Å². The number of hydrogen-bond donors (Lipinski definition) is 2. The molecule has 8 unspecified atom stereocenters. The van der Waals surface area contributed by atoms with E-state index in [1.54, 1.807) is 6.92 Å². The van der Waals surface area contributed by atoms with Crippen molar-refractivity contribution in [1.29, 1.82) is 0 Å². The quantitative estimate of drug-likeness (QED) is 0.728. The van der Waals surface area contributed by atoms with Crippen molar-refractivity contribution in [1.82, 2.24) is 20.4 Å². The average molecular weight is 423 g/mol. The Labute approximate surface area is 180 Å². The number of nitrogens with zero attached hydrogens (tertiary/aromatic N) is 2. The second-order valence-corrected chi connectivity index (χ2v) is 10.3. The highest BCUT2D eigenvalue weighted by atomic mass is 19.1. The van der Waals surface area contributed by atoms with Gasteiger partial charge in [-0.15, -0.1) is 0 Å². The zero-order valence-corrected chi connectivity index (χ0v) is 18.8. The molecule has 0 aromatic rings. The van der Waals surface area contributed by atoms with Crippen LogP contribution in [0.15, 0.2) is 0 Å². The van der Waals surface area contributed by atoms with E-state index < -0.39 is 6.17 Å². The number of likely N-dealkylation sites (tertiary alicyclic amines) is 1. The smallest absolute Gasteiger partial charge is 0.237 e. The predicted octanol–water partition coefficient (Wildman–Crippen LogP) is 2.08. The number of alkyl halides is 1. The average Bonchev–Trinajstić information content (AvgIpc) is 3.39. The first kappa shape index (κ1) is 22.0. The molecule has 2 amide bonds. The highest BCUT2D eigenvalue weighted by Crippen LogP contribution is 2.38. The first-order chi connectivity index (χ1) is 14.3. The second-order valence-electron chi connectivity index (χ2n) is 10.3. The zero-order chi connectivity index (χ0) is 21.4. The van der Waals surface area contributed by atoms with Crippen LogP contribution in [0.4, 0.5) is 4.39 Å². The van der Waals surface area contributed by atoms with Crippen LogP contribution in [-0.2, 0) is 9.59 Å². The molecular formula is C23H39FN4O2. The molecule has 2 N–H and O–H groups in total. The van der Waals surface area contributed by atoms with Crippen LogP contribution in [0.3, 0.4) is 0 Å². The zero-order valence-electron chi connectivity index (χ0n) is 18.8. The van der Waals surface area contributed by atoms with E-state index in [0.29, 0.717) is 30.8 Å². The summed E-state index contributed by atoms with van der Waals surface area (Å²) in [7, 11) is 1.90. The third-order valence-corrected chi connectivity index (χ3v) is 8.40. The molecule has 8 atom stereocenters. The molecule has 30 heavy (non-hydrogen) atoms. The largest absolute Gasteiger partial charge is 0.352 e. The Kier molecular flexibility index (Phi) is 6.68. The fourth-order valence-electron chi connectivity index (χ4n) is 6.40. The van der Waals surface area contributed by atoms with Crippen LogP contribution in [0.25, 0.3) is 0 Å². The highest BCUT2D eigenvalue weighted by Gasteiger charge is 2.46. The number of fused-ring (bicyclic) bond motifs is 1. The maximum atomic E-state index is 14.4. The van der Waals surface area contributed by atoms with Crippen molar-refractivity contribution < 1.29 is 14.0 Å². The first-order valence-electron chi connectivity index (χ1n) is 12.0. The maximum absolute atomic E-state index is 14.4. The first-order valence-corrected chi connectivity index (χ1v) is 12.0. The van der Waals surface area contributed by atoms with E-state index in [0.717, 1.165) is 51.6 Å². The summed E-state index contributed by atoms with van der Waals surface area (Å²) in [6.07, 6.45) is 6.71. The van der Waals surface area contributed by atoms with Gasteiger partial charge in [0.05, 0.1) is 6.04 Å². The van der Waals surface area contributed by atoms with Crippen LogP contribution in [0, 0.1) is 11.8 Å². The van der Waals surface area contributed by atoms with Gasteiger partial charge in [0, 0.05) is 57.1 Å². The van der Waals surface area contributed by atoms with Crippen molar-refractivity contribution in [3.05, 3.63) is 0 Å². The van der Waals surface area contributed by atoms with E-state index in [1.165, 1.54) is 0 Å². The van der Waals surface area contributed by atoms with Gasteiger partial charge in [-0.2, -0.15) is 0 Å². The fraction of sp³-hybridized carbons (Fsp3) is 0.913. The minimum absolute atomic E-state index is 0.0107. The van der Waals surface area contributed by atoms with E-state index in [1.807, 2.05) is 11.9 Å². The number of carbonyl (C=O) groups excluding carboxylic acids is 2. The van der Waals surface area contributed by atoms with Crippen LogP contribution in [0.2, 0.25) is 0 Å². The van der Waals surface area contributed by atoms with Gasteiger partial charge in [-0.1, -0.05) is 6.92 Å². The van der Waals surface area contributed by atoms with Crippen molar-refractivity contribution >= 4 is 11.8 Å². The number of carbonyl (C=O) groups is 2. The summed E-state index contributed by atoms with van der Waals surface area (Å²) in [5, 5.41) is 6.75. The summed E-state index contributed by atoms with van der Waals surface area (Å²) in [5.74, 6) is 0.619. The normalized spacial score (nSPS) is 42.0. The maximum Gasteiger partial charge on any atom is 0.237 e. The molecule has 0 aromatic carbocycles. The van der Waals surface area contributed by atoms with E-state index in [9.17, 15) is 14.0 Å². The van der Waals surface area contributed by atoms with Gasteiger partial charge < -0.3 is 15.5 Å². The molecule has 2 heterocycles. The minimum Gasteiger partial charge on any atom is -0.352 e. The van der Waals surface area contributed by atoms with Crippen molar-refractivity contribution in [2.45, 2.75) is 102 Å². The number of nitrogens with one attached hydrogen (secondary N) is 2. The molecule has 4 fully saturated rings. The number of hydrogen-bond acceptors (Lipinski definition) is 4. The summed E-state index contributed by atoms with van der Waals surface area (Å²) in [6.45, 7) is 5.77. The molecule has 0 aromatic heterocycles. The predicted molar refractivity (Wildman–Crippen MR) is 115 cm³/mol. The molecule has 2 saturated carbocycles. The molecule has 7 heteroatoms. The lowest BCUT2D eigenvalue weighted by Crippen LogP contribution is -2.51. The van der Waals surface area contributed by atoms with Gasteiger partial charge >= 0.3 is 0 Å². The summed E-state index contributed by atoms with van der Waals surface area (Å²) in [4.78, 5) is 29.0. The lowest BCUT2D eigenvalue weighted by Gasteiger charge is -2.36. The van der Waals surface area contributed by atoms with Crippen LogP contribution < -0.4 is 10.6 Å². The Balaban J connectivity index is 1.28. The molecule has 0 spiro atoms. The monoisotopic (exact) mass is 422 g/mol. The summed E-state index contributed by atoms with van der Waals surface area (Å²) in [6, 6.07) is 0.870. The fourth-order valence-corrected chi connectivity index (χ4v) is 6.40. The van der Waals surface area contributed by atoms with E-state index in [-0.39, 0.29) is 35.9 Å². The van der Waals surface area contributed by atoms with Gasteiger partial charge in [0.15, 0.2) is 0 Å². The van der Waals surface area contributed by atoms with Crippen molar-refractivity contribution in [3.8, 4) is 0 Å².